The number of Topliss-reactive ketones (excluding diaryl/α,β-unsaturated/α-hetero) is 2. The number of terminal acetylenes is 1. The summed E-state index contributed by atoms with van der Waals surface area (Å²) >= 11 is 6.35. The van der Waals surface area contributed by atoms with Crippen molar-refractivity contribution in [1.82, 2.24) is 4.57 Å². The third-order valence-electron chi connectivity index (χ3n) is 5.71. The number of benzene rings is 1. The van der Waals surface area contributed by atoms with E-state index in [4.69, 9.17) is 24.6 Å². The monoisotopic (exact) mass is 455 g/mol. The number of anilines is 1. The number of nitrogens with zero attached hydrogens (tertiary/aromatic N) is 2. The van der Waals surface area contributed by atoms with Gasteiger partial charge in [0, 0.05) is 30.3 Å². The second-order valence-electron chi connectivity index (χ2n) is 7.83. The highest BCUT2D eigenvalue weighted by Crippen LogP contribution is 2.44. The van der Waals surface area contributed by atoms with Gasteiger partial charge in [-0.3, -0.25) is 14.4 Å². The van der Waals surface area contributed by atoms with E-state index in [0.717, 1.165) is 6.07 Å². The molecule has 0 unspecified atom stereocenters. The van der Waals surface area contributed by atoms with E-state index in [0.29, 0.717) is 5.69 Å². The summed E-state index contributed by atoms with van der Waals surface area (Å²) in [6.45, 7) is 8.52. The number of amides is 1. The van der Waals surface area contributed by atoms with Gasteiger partial charge in [-0.25, -0.2) is 9.24 Å². The van der Waals surface area contributed by atoms with Crippen molar-refractivity contribution in [3.05, 3.63) is 57.4 Å². The fraction of sp³-hybridized carbons (Fsp3) is 0.304. The second kappa shape index (κ2) is 8.58. The van der Waals surface area contributed by atoms with Crippen molar-refractivity contribution in [2.45, 2.75) is 32.3 Å². The van der Waals surface area contributed by atoms with Crippen molar-refractivity contribution >= 4 is 40.4 Å². The van der Waals surface area contributed by atoms with Crippen LogP contribution >= 0.6 is 11.6 Å². The molecule has 3 rings (SSSR count). The summed E-state index contributed by atoms with van der Waals surface area (Å²) in [7, 11) is 1.51. The number of aromatic nitrogens is 1. The van der Waals surface area contributed by atoms with E-state index < -0.39 is 34.8 Å². The highest BCUT2D eigenvalue weighted by atomic mass is 35.5. The van der Waals surface area contributed by atoms with Crippen LogP contribution in [-0.4, -0.2) is 33.3 Å². The molecule has 0 radical (unpaired) electrons. The molecule has 164 valence electrons. The van der Waals surface area contributed by atoms with Gasteiger partial charge in [0.2, 0.25) is 17.3 Å². The molecule has 2 aromatic rings. The Kier molecular flexibility index (Phi) is 6.23. The molecule has 9 heteroatoms. The van der Waals surface area contributed by atoms with Gasteiger partial charge in [0.15, 0.2) is 0 Å². The Bertz CT molecular complexity index is 1230. The molecule has 2 N–H and O–H groups in total. The molecule has 0 atom stereocenters. The summed E-state index contributed by atoms with van der Waals surface area (Å²) in [5.41, 5.74) is -0.812. The zero-order valence-corrected chi connectivity index (χ0v) is 18.1. The predicted molar refractivity (Wildman–Crippen MR) is 116 cm³/mol. The topological polar surface area (TPSA) is 92.8 Å². The van der Waals surface area contributed by atoms with Crippen molar-refractivity contribution in [3.63, 3.8) is 0 Å². The number of aliphatic hydroxyl groups is 1. The Morgan fingerprint density at radius 3 is 2.66 bits per heavy atom. The number of ketones is 2. The molecule has 1 aromatic carbocycles. The largest absolute Gasteiger partial charge is 0.393 e. The van der Waals surface area contributed by atoms with Gasteiger partial charge >= 0.3 is 0 Å². The summed E-state index contributed by atoms with van der Waals surface area (Å²) in [5.74, 6) is -0.532. The molecule has 1 saturated carbocycles. The van der Waals surface area contributed by atoms with Gasteiger partial charge in [0.25, 0.3) is 5.91 Å². The number of carbonyl (C=O) groups is 3. The maximum absolute atomic E-state index is 13.5. The summed E-state index contributed by atoms with van der Waals surface area (Å²) in [4.78, 5) is 41.4. The second-order valence-corrected chi connectivity index (χ2v) is 8.21. The lowest BCUT2D eigenvalue weighted by Crippen LogP contribution is -2.42. The molecular formula is C23H19ClFN3O4. The van der Waals surface area contributed by atoms with Gasteiger partial charge in [-0.2, -0.15) is 0 Å². The molecule has 0 aliphatic heterocycles. The van der Waals surface area contributed by atoms with Gasteiger partial charge in [0.05, 0.1) is 23.3 Å². The van der Waals surface area contributed by atoms with Gasteiger partial charge < -0.3 is 15.0 Å². The minimum Gasteiger partial charge on any atom is -0.393 e. The van der Waals surface area contributed by atoms with Gasteiger partial charge in [-0.15, -0.1) is 6.42 Å². The van der Waals surface area contributed by atoms with Crippen LogP contribution in [0.4, 0.5) is 15.8 Å². The normalized spacial score (nSPS) is 19.4. The number of halogens is 2. The maximum atomic E-state index is 13.5. The van der Waals surface area contributed by atoms with Gasteiger partial charge in [0.1, 0.15) is 11.5 Å². The average Bonchev–Trinajstić information content (AvgIpc) is 2.95. The van der Waals surface area contributed by atoms with Crippen molar-refractivity contribution < 1.29 is 23.9 Å². The number of carbonyl (C=O) groups excluding carboxylic acids is 3. The van der Waals surface area contributed by atoms with E-state index in [1.807, 2.05) is 0 Å². The molecule has 1 fully saturated rings. The van der Waals surface area contributed by atoms with E-state index in [-0.39, 0.29) is 46.9 Å². The highest BCUT2D eigenvalue weighted by molar-refractivity contribution is 6.49. The Hall–Kier alpha value is -3.46. The van der Waals surface area contributed by atoms with E-state index in [2.05, 4.69) is 16.1 Å². The number of aliphatic hydroxyl groups excluding tert-OH is 1. The first kappa shape index (κ1) is 23.2. The minimum absolute atomic E-state index is 0.0697. The van der Waals surface area contributed by atoms with Crippen LogP contribution in [0.5, 0.6) is 0 Å². The first-order chi connectivity index (χ1) is 15.0. The lowest BCUT2D eigenvalue weighted by molar-refractivity contribution is -0.119. The molecule has 1 heterocycles. The summed E-state index contributed by atoms with van der Waals surface area (Å²) in [6, 6.07) is 3.51. The first-order valence-electron chi connectivity index (χ1n) is 9.60. The zero-order chi connectivity index (χ0) is 23.8. The van der Waals surface area contributed by atoms with E-state index >= 15 is 0 Å². The third-order valence-corrected chi connectivity index (χ3v) is 6.07. The van der Waals surface area contributed by atoms with Crippen LogP contribution in [0.15, 0.2) is 18.2 Å². The smallest absolute Gasteiger partial charge is 0.273 e. The van der Waals surface area contributed by atoms with E-state index in [1.165, 1.54) is 23.7 Å². The Morgan fingerprint density at radius 1 is 1.44 bits per heavy atom. The SMILES string of the molecule is [C-]#[N+]c1cc(NC(=O)c2c(Cl)c(C(=O)C(=O)CC3(C#C)CC(O)C3)c(C)n2C)ccc1F. The minimum atomic E-state index is -0.866. The molecule has 1 aliphatic rings. The van der Waals surface area contributed by atoms with Crippen LogP contribution in [0, 0.1) is 37.1 Å². The van der Waals surface area contributed by atoms with Crippen LogP contribution in [0.2, 0.25) is 5.02 Å². The lowest BCUT2D eigenvalue weighted by atomic mass is 9.64. The Morgan fingerprint density at radius 2 is 2.09 bits per heavy atom. The fourth-order valence-electron chi connectivity index (χ4n) is 3.82. The molecule has 7 nitrogen and oxygen atoms in total. The highest BCUT2D eigenvalue weighted by Gasteiger charge is 2.45. The maximum Gasteiger partial charge on any atom is 0.273 e. The molecule has 1 aliphatic carbocycles. The predicted octanol–water partition coefficient (Wildman–Crippen LogP) is 3.85. The number of hydrogen-bond donors (Lipinski definition) is 2. The van der Waals surface area contributed by atoms with E-state index in [1.54, 1.807) is 6.92 Å². The van der Waals surface area contributed by atoms with Gasteiger partial charge in [-0.05, 0) is 38.0 Å². The van der Waals surface area contributed by atoms with Crippen molar-refractivity contribution in [3.8, 4) is 12.3 Å². The van der Waals surface area contributed by atoms with Crippen LogP contribution in [0.3, 0.4) is 0 Å². The van der Waals surface area contributed by atoms with Crippen LogP contribution in [-0.2, 0) is 11.8 Å². The summed E-state index contributed by atoms with van der Waals surface area (Å²) in [5, 5.41) is 11.9. The van der Waals surface area contributed by atoms with Gasteiger partial charge in [-0.1, -0.05) is 17.5 Å². The Balaban J connectivity index is 1.87. The number of rotatable bonds is 6. The molecule has 32 heavy (non-hydrogen) atoms. The molecule has 0 bridgehead atoms. The van der Waals surface area contributed by atoms with Crippen molar-refractivity contribution in [1.29, 1.82) is 0 Å². The molecule has 0 saturated heterocycles. The lowest BCUT2D eigenvalue weighted by Gasteiger charge is -2.40. The van der Waals surface area contributed by atoms with Crippen LogP contribution in [0.1, 0.15) is 45.8 Å². The molecule has 1 amide bonds. The number of nitrogens with one attached hydrogen (secondary N) is 1. The molecule has 1 aromatic heterocycles. The van der Waals surface area contributed by atoms with Crippen LogP contribution in [0.25, 0.3) is 4.85 Å². The standard InChI is InChI=1S/C23H19ClFN3O4/c1-5-23(9-14(29)10-23)11-17(30)21(31)18-12(2)28(4)20(19(18)24)22(32)27-13-6-7-15(25)16(8-13)26-3/h1,6-8,14,29H,9-11H2,2,4H3,(H,27,32). The van der Waals surface area contributed by atoms with Crippen LogP contribution < -0.4 is 5.32 Å². The quantitative estimate of drug-likeness (QED) is 0.299. The van der Waals surface area contributed by atoms with Crippen molar-refractivity contribution in [2.75, 3.05) is 5.32 Å². The third kappa shape index (κ3) is 4.03. The summed E-state index contributed by atoms with van der Waals surface area (Å²) in [6.07, 6.45) is 5.16. The Labute approximate surface area is 189 Å². The zero-order valence-electron chi connectivity index (χ0n) is 17.3. The average molecular weight is 456 g/mol. The number of hydrogen-bond acceptors (Lipinski definition) is 4. The molecule has 0 spiro atoms. The first-order valence-corrected chi connectivity index (χ1v) is 9.98. The van der Waals surface area contributed by atoms with Crippen molar-refractivity contribution in [2.24, 2.45) is 12.5 Å². The van der Waals surface area contributed by atoms with E-state index in [9.17, 15) is 23.9 Å². The fourth-order valence-corrected chi connectivity index (χ4v) is 4.26. The molecular weight excluding hydrogens is 437 g/mol. The summed E-state index contributed by atoms with van der Waals surface area (Å²) < 4.78 is 14.9.